The molecular weight excluding hydrogens is 311 g/mol. The zero-order chi connectivity index (χ0) is 17.0. The highest BCUT2D eigenvalue weighted by Crippen LogP contribution is 2.37. The van der Waals surface area contributed by atoms with Crippen molar-refractivity contribution >= 4 is 5.91 Å². The van der Waals surface area contributed by atoms with E-state index in [9.17, 15) is 18.0 Å². The van der Waals surface area contributed by atoms with Crippen molar-refractivity contribution < 1.29 is 22.7 Å². The highest BCUT2D eigenvalue weighted by Gasteiger charge is 2.34. The average molecular weight is 325 g/mol. The fraction of sp³-hybridized carbons (Fsp3) is 0.267. The number of halogens is 3. The molecular formula is C15H14F3N3O2. The van der Waals surface area contributed by atoms with E-state index >= 15 is 0 Å². The molecule has 5 nitrogen and oxygen atoms in total. The Labute approximate surface area is 130 Å². The lowest BCUT2D eigenvalue weighted by Crippen LogP contribution is -2.31. The average Bonchev–Trinajstić information content (AvgIpc) is 2.46. The minimum absolute atomic E-state index is 0.167. The molecule has 0 aliphatic rings. The van der Waals surface area contributed by atoms with E-state index in [0.29, 0.717) is 0 Å². The van der Waals surface area contributed by atoms with Crippen LogP contribution in [0.5, 0.6) is 11.6 Å². The molecule has 0 aliphatic carbocycles. The van der Waals surface area contributed by atoms with Gasteiger partial charge in [-0.3, -0.25) is 4.79 Å². The molecule has 1 amide bonds. The summed E-state index contributed by atoms with van der Waals surface area (Å²) >= 11 is 0. The van der Waals surface area contributed by atoms with Crippen molar-refractivity contribution in [3.05, 3.63) is 47.9 Å². The van der Waals surface area contributed by atoms with Crippen LogP contribution in [0.1, 0.15) is 29.9 Å². The van der Waals surface area contributed by atoms with Crippen LogP contribution in [0.2, 0.25) is 0 Å². The predicted octanol–water partition coefficient (Wildman–Crippen LogP) is 3.43. The number of carbonyl (C=O) groups excluding carboxylic acids is 1. The quantitative estimate of drug-likeness (QED) is 0.935. The molecule has 0 spiro atoms. The number of aromatic nitrogens is 2. The van der Waals surface area contributed by atoms with Crippen molar-refractivity contribution in [3.63, 3.8) is 0 Å². The normalized spacial score (nSPS) is 11.4. The molecule has 1 N–H and O–H groups in total. The van der Waals surface area contributed by atoms with Crippen LogP contribution in [-0.2, 0) is 6.18 Å². The number of alkyl halides is 3. The maximum atomic E-state index is 13.0. The summed E-state index contributed by atoms with van der Waals surface area (Å²) in [6.45, 7) is 3.49. The van der Waals surface area contributed by atoms with Crippen LogP contribution in [0.3, 0.4) is 0 Å². The first kappa shape index (κ1) is 16.7. The number of hydrogen-bond donors (Lipinski definition) is 1. The van der Waals surface area contributed by atoms with Crippen LogP contribution in [-0.4, -0.2) is 21.9 Å². The first-order valence-electron chi connectivity index (χ1n) is 6.75. The fourth-order valence-electron chi connectivity index (χ4n) is 1.78. The molecule has 2 rings (SSSR count). The minimum atomic E-state index is -4.58. The molecule has 122 valence electrons. The molecule has 0 atom stereocenters. The van der Waals surface area contributed by atoms with Gasteiger partial charge in [0.2, 0.25) is 0 Å². The van der Waals surface area contributed by atoms with E-state index in [1.54, 1.807) is 13.8 Å². The summed E-state index contributed by atoms with van der Waals surface area (Å²) in [7, 11) is 0. The Kier molecular flexibility index (Phi) is 4.83. The summed E-state index contributed by atoms with van der Waals surface area (Å²) in [5.74, 6) is -1.31. The van der Waals surface area contributed by atoms with Crippen molar-refractivity contribution in [2.24, 2.45) is 0 Å². The first-order chi connectivity index (χ1) is 10.8. The molecule has 1 aromatic carbocycles. The van der Waals surface area contributed by atoms with E-state index in [1.165, 1.54) is 24.5 Å². The summed E-state index contributed by atoms with van der Waals surface area (Å²) in [6, 6.07) is 4.52. The van der Waals surface area contributed by atoms with Gasteiger partial charge < -0.3 is 10.1 Å². The van der Waals surface area contributed by atoms with Gasteiger partial charge >= 0.3 is 6.18 Å². The van der Waals surface area contributed by atoms with Crippen LogP contribution in [0.25, 0.3) is 0 Å². The standard InChI is InChI=1S/C15H14F3N3O2/c1-9(2)21-13(22)12-14(20-8-7-19-12)23-11-6-4-3-5-10(11)15(16,17)18/h3-9H,1-2H3,(H,21,22). The molecule has 2 aromatic rings. The van der Waals surface area contributed by atoms with Gasteiger partial charge in [0.05, 0.1) is 5.56 Å². The van der Waals surface area contributed by atoms with Gasteiger partial charge in [-0.15, -0.1) is 0 Å². The third kappa shape index (κ3) is 4.18. The maximum absolute atomic E-state index is 13.0. The molecule has 0 fully saturated rings. The number of carbonyl (C=O) groups is 1. The van der Waals surface area contributed by atoms with E-state index in [4.69, 9.17) is 4.74 Å². The summed E-state index contributed by atoms with van der Waals surface area (Å²) in [4.78, 5) is 19.7. The predicted molar refractivity (Wildman–Crippen MR) is 76.2 cm³/mol. The molecule has 23 heavy (non-hydrogen) atoms. The highest BCUT2D eigenvalue weighted by atomic mass is 19.4. The van der Waals surface area contributed by atoms with E-state index in [1.807, 2.05) is 0 Å². The van der Waals surface area contributed by atoms with Crippen molar-refractivity contribution in [2.45, 2.75) is 26.1 Å². The largest absolute Gasteiger partial charge is 0.436 e. The summed E-state index contributed by atoms with van der Waals surface area (Å²) in [6.07, 6.45) is -2.09. The minimum Gasteiger partial charge on any atom is -0.436 e. The SMILES string of the molecule is CC(C)NC(=O)c1nccnc1Oc1ccccc1C(F)(F)F. The van der Waals surface area contributed by atoms with Crippen LogP contribution in [0, 0.1) is 0 Å². The number of hydrogen-bond acceptors (Lipinski definition) is 4. The Morgan fingerprint density at radius 3 is 2.48 bits per heavy atom. The van der Waals surface area contributed by atoms with Gasteiger partial charge in [-0.05, 0) is 26.0 Å². The second-order valence-corrected chi connectivity index (χ2v) is 4.93. The van der Waals surface area contributed by atoms with E-state index in [-0.39, 0.29) is 17.6 Å². The lowest BCUT2D eigenvalue weighted by molar-refractivity contribution is -0.138. The molecule has 1 heterocycles. The fourth-order valence-corrected chi connectivity index (χ4v) is 1.78. The first-order valence-corrected chi connectivity index (χ1v) is 6.75. The number of benzene rings is 1. The summed E-state index contributed by atoms with van der Waals surface area (Å²) < 4.78 is 44.2. The van der Waals surface area contributed by atoms with Crippen molar-refractivity contribution in [3.8, 4) is 11.6 Å². The van der Waals surface area contributed by atoms with Crippen molar-refractivity contribution in [2.75, 3.05) is 0 Å². The molecule has 0 bridgehead atoms. The van der Waals surface area contributed by atoms with Gasteiger partial charge in [0, 0.05) is 18.4 Å². The third-order valence-electron chi connectivity index (χ3n) is 2.70. The van der Waals surface area contributed by atoms with Crippen molar-refractivity contribution in [1.29, 1.82) is 0 Å². The zero-order valence-corrected chi connectivity index (χ0v) is 12.4. The lowest BCUT2D eigenvalue weighted by Gasteiger charge is -2.14. The summed E-state index contributed by atoms with van der Waals surface area (Å²) in [5, 5.41) is 2.59. The van der Waals surface area contributed by atoms with Gasteiger partial charge in [0.15, 0.2) is 5.69 Å². The Morgan fingerprint density at radius 2 is 1.83 bits per heavy atom. The number of nitrogens with zero attached hydrogens (tertiary/aromatic N) is 2. The van der Waals surface area contributed by atoms with Crippen LogP contribution in [0.15, 0.2) is 36.7 Å². The maximum Gasteiger partial charge on any atom is 0.419 e. The number of para-hydroxylation sites is 1. The van der Waals surface area contributed by atoms with Crippen LogP contribution < -0.4 is 10.1 Å². The molecule has 1 aromatic heterocycles. The van der Waals surface area contributed by atoms with Gasteiger partial charge in [-0.2, -0.15) is 13.2 Å². The Balaban J connectivity index is 2.37. The topological polar surface area (TPSA) is 64.1 Å². The molecule has 8 heteroatoms. The molecule has 0 saturated heterocycles. The van der Waals surface area contributed by atoms with E-state index < -0.39 is 23.4 Å². The molecule has 0 aliphatic heterocycles. The molecule has 0 radical (unpaired) electrons. The monoisotopic (exact) mass is 325 g/mol. The Bertz CT molecular complexity index is 702. The second-order valence-electron chi connectivity index (χ2n) is 4.93. The second kappa shape index (κ2) is 6.64. The zero-order valence-electron chi connectivity index (χ0n) is 12.4. The Hall–Kier alpha value is -2.64. The molecule has 0 saturated carbocycles. The van der Waals surface area contributed by atoms with Gasteiger partial charge in [0.25, 0.3) is 11.8 Å². The van der Waals surface area contributed by atoms with Crippen LogP contribution in [0.4, 0.5) is 13.2 Å². The third-order valence-corrected chi connectivity index (χ3v) is 2.70. The number of nitrogens with one attached hydrogen (secondary N) is 1. The van der Waals surface area contributed by atoms with Gasteiger partial charge in [-0.1, -0.05) is 12.1 Å². The van der Waals surface area contributed by atoms with E-state index in [2.05, 4.69) is 15.3 Å². The van der Waals surface area contributed by atoms with E-state index in [0.717, 1.165) is 12.1 Å². The summed E-state index contributed by atoms with van der Waals surface area (Å²) in [5.41, 5.74) is -1.14. The van der Waals surface area contributed by atoms with Gasteiger partial charge in [-0.25, -0.2) is 9.97 Å². The smallest absolute Gasteiger partial charge is 0.419 e. The van der Waals surface area contributed by atoms with Gasteiger partial charge in [0.1, 0.15) is 5.75 Å². The van der Waals surface area contributed by atoms with Crippen LogP contribution >= 0.6 is 0 Å². The highest BCUT2D eigenvalue weighted by molar-refractivity contribution is 5.94. The number of amides is 1. The molecule has 0 unspecified atom stereocenters. The Morgan fingerprint density at radius 1 is 1.17 bits per heavy atom. The number of rotatable bonds is 4. The van der Waals surface area contributed by atoms with Crippen molar-refractivity contribution in [1.82, 2.24) is 15.3 Å². The number of ether oxygens (including phenoxy) is 1. The lowest BCUT2D eigenvalue weighted by atomic mass is 10.2.